The second-order valence-corrected chi connectivity index (χ2v) is 3.34. The van der Waals surface area contributed by atoms with Gasteiger partial charge in [-0.25, -0.2) is 0 Å². The van der Waals surface area contributed by atoms with Gasteiger partial charge in [0.05, 0.1) is 5.75 Å². The molecule has 11 heavy (non-hydrogen) atoms. The Bertz CT molecular complexity index is 212. The molecule has 0 aliphatic heterocycles. The van der Waals surface area contributed by atoms with Gasteiger partial charge in [-0.05, 0) is 0 Å². The third kappa shape index (κ3) is 13.4. The summed E-state index contributed by atoms with van der Waals surface area (Å²) in [6.07, 6.45) is 0. The Labute approximate surface area is 87.6 Å². The van der Waals surface area contributed by atoms with E-state index in [-0.39, 0.29) is 42.0 Å². The predicted molar refractivity (Wildman–Crippen MR) is 35.1 cm³/mol. The van der Waals surface area contributed by atoms with Crippen molar-refractivity contribution in [1.29, 1.82) is 0 Å². The van der Waals surface area contributed by atoms with Crippen LogP contribution < -0.4 is 34.9 Å². The van der Waals surface area contributed by atoms with Gasteiger partial charge in [-0.15, -0.1) is 0 Å². The molecule has 0 spiro atoms. The van der Waals surface area contributed by atoms with Gasteiger partial charge in [0.25, 0.3) is 10.1 Å². The van der Waals surface area contributed by atoms with Gasteiger partial charge in [0.15, 0.2) is 0 Å². The second kappa shape index (κ2) is 5.96. The molecule has 7 heteroatoms. The smallest absolute Gasteiger partial charge is 0.355 e. The molecule has 0 aromatic rings. The Morgan fingerprint density at radius 3 is 2.27 bits per heavy atom. The van der Waals surface area contributed by atoms with Crippen molar-refractivity contribution in [1.82, 2.24) is 5.32 Å². The summed E-state index contributed by atoms with van der Waals surface area (Å²) in [5.41, 5.74) is 0. The maximum absolute atomic E-state index is 10.1. The minimum atomic E-state index is -3.93. The Morgan fingerprint density at radius 2 is 2.00 bits per heavy atom. The van der Waals surface area contributed by atoms with Crippen LogP contribution in [0.2, 0.25) is 0 Å². The van der Waals surface area contributed by atoms with Crippen LogP contribution in [-0.4, -0.2) is 31.2 Å². The van der Waals surface area contributed by atoms with E-state index in [2.05, 4.69) is 5.32 Å². The Kier molecular flexibility index (Phi) is 7.55. The van der Waals surface area contributed by atoms with Gasteiger partial charge in [0, 0.05) is 13.5 Å². The molecule has 0 atom stereocenters. The summed E-state index contributed by atoms with van der Waals surface area (Å²) in [7, 11) is -3.93. The van der Waals surface area contributed by atoms with Crippen molar-refractivity contribution in [2.24, 2.45) is 0 Å². The number of hydrogen-bond donors (Lipinski definition) is 2. The Balaban J connectivity index is 0. The summed E-state index contributed by atoms with van der Waals surface area (Å²) >= 11 is 0. The van der Waals surface area contributed by atoms with Crippen LogP contribution in [0.25, 0.3) is 0 Å². The third-order valence-corrected chi connectivity index (χ3v) is 1.45. The van der Waals surface area contributed by atoms with E-state index >= 15 is 0 Å². The van der Waals surface area contributed by atoms with E-state index in [1.54, 1.807) is 0 Å². The minimum Gasteiger partial charge on any atom is -0.355 e. The fourth-order valence-electron chi connectivity index (χ4n) is 0.356. The molecule has 0 aromatic heterocycles. The van der Waals surface area contributed by atoms with E-state index in [9.17, 15) is 13.2 Å². The molecule has 0 radical (unpaired) electrons. The van der Waals surface area contributed by atoms with Crippen molar-refractivity contribution in [3.8, 4) is 0 Å². The zero-order valence-electron chi connectivity index (χ0n) is 6.49. The normalized spacial score (nSPS) is 10.0. The molecule has 0 bridgehead atoms. The van der Waals surface area contributed by atoms with Crippen LogP contribution in [0.1, 0.15) is 6.92 Å². The SMILES string of the molecule is CC(=O)NCCS(=O)(=O)O.[Na+]. The maximum atomic E-state index is 10.1. The van der Waals surface area contributed by atoms with E-state index in [4.69, 9.17) is 4.55 Å². The average molecular weight is 190 g/mol. The van der Waals surface area contributed by atoms with Crippen molar-refractivity contribution < 1.29 is 47.3 Å². The zero-order valence-corrected chi connectivity index (χ0v) is 9.31. The van der Waals surface area contributed by atoms with Gasteiger partial charge < -0.3 is 5.32 Å². The molecule has 0 saturated carbocycles. The molecule has 0 saturated heterocycles. The van der Waals surface area contributed by atoms with Gasteiger partial charge in [-0.1, -0.05) is 0 Å². The predicted octanol–water partition coefficient (Wildman–Crippen LogP) is -3.99. The van der Waals surface area contributed by atoms with Crippen LogP contribution in [0.3, 0.4) is 0 Å². The number of hydrogen-bond acceptors (Lipinski definition) is 3. The molecule has 5 nitrogen and oxygen atoms in total. The molecule has 0 heterocycles. The Morgan fingerprint density at radius 1 is 1.55 bits per heavy atom. The molecular weight excluding hydrogens is 181 g/mol. The van der Waals surface area contributed by atoms with Gasteiger partial charge in [0.1, 0.15) is 0 Å². The third-order valence-electron chi connectivity index (χ3n) is 0.734. The first kappa shape index (κ1) is 13.9. The van der Waals surface area contributed by atoms with Crippen LogP contribution in [-0.2, 0) is 14.9 Å². The number of carbonyl (C=O) groups excluding carboxylic acids is 1. The van der Waals surface area contributed by atoms with Crippen LogP contribution in [0, 0.1) is 0 Å². The molecule has 1 amide bonds. The molecule has 0 aliphatic rings. The Hall–Kier alpha value is 0.380. The molecule has 60 valence electrons. The number of amides is 1. The zero-order chi connectivity index (χ0) is 8.20. The van der Waals surface area contributed by atoms with Gasteiger partial charge in [0.2, 0.25) is 5.91 Å². The van der Waals surface area contributed by atoms with Crippen LogP contribution >= 0.6 is 0 Å². The number of carbonyl (C=O) groups is 1. The fraction of sp³-hybridized carbons (Fsp3) is 0.750. The number of nitrogens with one attached hydrogen (secondary N) is 1. The summed E-state index contributed by atoms with van der Waals surface area (Å²) in [5.74, 6) is -0.754. The van der Waals surface area contributed by atoms with Crippen LogP contribution in [0.15, 0.2) is 0 Å². The van der Waals surface area contributed by atoms with Gasteiger partial charge >= 0.3 is 29.6 Å². The van der Waals surface area contributed by atoms with Crippen molar-refractivity contribution >= 4 is 16.0 Å². The first-order chi connectivity index (χ1) is 4.42. The van der Waals surface area contributed by atoms with Crippen molar-refractivity contribution in [3.63, 3.8) is 0 Å². The van der Waals surface area contributed by atoms with E-state index in [1.165, 1.54) is 6.92 Å². The largest absolute Gasteiger partial charge is 1.00 e. The summed E-state index contributed by atoms with van der Waals surface area (Å²) in [6, 6.07) is 0. The van der Waals surface area contributed by atoms with E-state index in [0.717, 1.165) is 0 Å². The molecule has 0 unspecified atom stereocenters. The monoisotopic (exact) mass is 190 g/mol. The fourth-order valence-corrected chi connectivity index (χ4v) is 0.716. The van der Waals surface area contributed by atoms with Crippen LogP contribution in [0.5, 0.6) is 0 Å². The summed E-state index contributed by atoms with van der Waals surface area (Å²) in [4.78, 5) is 10.1. The van der Waals surface area contributed by atoms with Crippen molar-refractivity contribution in [2.45, 2.75) is 6.92 Å². The maximum Gasteiger partial charge on any atom is 1.00 e. The van der Waals surface area contributed by atoms with Gasteiger partial charge in [-0.3, -0.25) is 9.35 Å². The molecule has 0 aliphatic carbocycles. The topological polar surface area (TPSA) is 83.5 Å². The first-order valence-electron chi connectivity index (χ1n) is 2.61. The van der Waals surface area contributed by atoms with E-state index < -0.39 is 15.9 Å². The number of rotatable bonds is 3. The molecule has 0 rings (SSSR count). The van der Waals surface area contributed by atoms with E-state index in [0.29, 0.717) is 0 Å². The summed E-state index contributed by atoms with van der Waals surface area (Å²) in [5, 5.41) is 2.22. The van der Waals surface area contributed by atoms with Crippen LogP contribution in [0.4, 0.5) is 0 Å². The molecule has 0 fully saturated rings. The molecule has 0 aromatic carbocycles. The standard InChI is InChI=1S/C4H9NO4S.Na/c1-4(6)5-2-3-10(7,8)9;/h2-3H2,1H3,(H,5,6)(H,7,8,9);/q;+1. The van der Waals surface area contributed by atoms with Crippen molar-refractivity contribution in [2.75, 3.05) is 12.3 Å². The minimum absolute atomic E-state index is 0. The average Bonchev–Trinajstić information content (AvgIpc) is 1.59. The second-order valence-electron chi connectivity index (χ2n) is 1.77. The quantitative estimate of drug-likeness (QED) is 0.351. The summed E-state index contributed by atoms with van der Waals surface area (Å²) in [6.45, 7) is 1.22. The summed E-state index contributed by atoms with van der Waals surface area (Å²) < 4.78 is 28.2. The molecular formula is C4H9NNaO4S+. The van der Waals surface area contributed by atoms with E-state index in [1.807, 2.05) is 0 Å². The van der Waals surface area contributed by atoms with Crippen molar-refractivity contribution in [3.05, 3.63) is 0 Å². The van der Waals surface area contributed by atoms with Gasteiger partial charge in [-0.2, -0.15) is 8.42 Å². The first-order valence-corrected chi connectivity index (χ1v) is 4.22. The molecule has 2 N–H and O–H groups in total.